The van der Waals surface area contributed by atoms with Gasteiger partial charge in [0.25, 0.3) is 0 Å². The summed E-state index contributed by atoms with van der Waals surface area (Å²) >= 11 is 0. The maximum Gasteiger partial charge on any atom is 0.0287 e. The standard InChI is InChI=1S/C9H16N4/c1-13-8-2-3-9(13)5-7(4-8)6-11-12-10/h7-9H,2-6H2,1H3. The van der Waals surface area contributed by atoms with Crippen molar-refractivity contribution in [3.63, 3.8) is 0 Å². The first-order chi connectivity index (χ1) is 6.31. The van der Waals surface area contributed by atoms with Crippen LogP contribution in [0.1, 0.15) is 25.7 Å². The monoisotopic (exact) mass is 180 g/mol. The van der Waals surface area contributed by atoms with E-state index in [1.54, 1.807) is 0 Å². The van der Waals surface area contributed by atoms with E-state index < -0.39 is 0 Å². The molecule has 2 saturated heterocycles. The summed E-state index contributed by atoms with van der Waals surface area (Å²) in [5.41, 5.74) is 8.24. The number of rotatable bonds is 2. The largest absolute Gasteiger partial charge is 0.300 e. The van der Waals surface area contributed by atoms with E-state index in [2.05, 4.69) is 22.0 Å². The Balaban J connectivity index is 1.94. The van der Waals surface area contributed by atoms with E-state index >= 15 is 0 Å². The fourth-order valence-electron chi connectivity index (χ4n) is 2.83. The number of azide groups is 1. The van der Waals surface area contributed by atoms with Crippen LogP contribution in [0.4, 0.5) is 0 Å². The van der Waals surface area contributed by atoms with Gasteiger partial charge in [0.05, 0.1) is 0 Å². The van der Waals surface area contributed by atoms with E-state index in [4.69, 9.17) is 5.53 Å². The second-order valence-electron chi connectivity index (χ2n) is 4.30. The Labute approximate surface area is 78.5 Å². The van der Waals surface area contributed by atoms with Crippen LogP contribution < -0.4 is 0 Å². The highest BCUT2D eigenvalue weighted by Crippen LogP contribution is 2.37. The molecule has 2 aliphatic heterocycles. The molecule has 2 unspecified atom stereocenters. The Bertz CT molecular complexity index is 220. The number of hydrogen-bond acceptors (Lipinski definition) is 2. The second kappa shape index (κ2) is 3.56. The fraction of sp³-hybridized carbons (Fsp3) is 1.00. The molecule has 2 rings (SSSR count). The molecule has 0 saturated carbocycles. The van der Waals surface area contributed by atoms with E-state index in [9.17, 15) is 0 Å². The van der Waals surface area contributed by atoms with Gasteiger partial charge in [-0.15, -0.1) is 0 Å². The molecule has 72 valence electrons. The molecular weight excluding hydrogens is 164 g/mol. The van der Waals surface area contributed by atoms with E-state index in [1.165, 1.54) is 25.7 Å². The summed E-state index contributed by atoms with van der Waals surface area (Å²) in [7, 11) is 2.23. The molecule has 0 amide bonds. The average molecular weight is 180 g/mol. The first kappa shape index (κ1) is 8.85. The van der Waals surface area contributed by atoms with Crippen molar-refractivity contribution in [3.8, 4) is 0 Å². The van der Waals surface area contributed by atoms with Crippen molar-refractivity contribution in [1.29, 1.82) is 0 Å². The molecule has 2 aliphatic rings. The van der Waals surface area contributed by atoms with Crippen molar-refractivity contribution in [3.05, 3.63) is 10.4 Å². The minimum Gasteiger partial charge on any atom is -0.300 e. The first-order valence-corrected chi connectivity index (χ1v) is 5.04. The molecule has 0 aromatic heterocycles. The second-order valence-corrected chi connectivity index (χ2v) is 4.30. The van der Waals surface area contributed by atoms with Gasteiger partial charge in [-0.3, -0.25) is 0 Å². The first-order valence-electron chi connectivity index (χ1n) is 5.04. The minimum atomic E-state index is 0.643. The highest BCUT2D eigenvalue weighted by Gasteiger charge is 2.37. The lowest BCUT2D eigenvalue weighted by Crippen LogP contribution is -2.40. The average Bonchev–Trinajstić information content (AvgIpc) is 2.41. The third kappa shape index (κ3) is 1.64. The SMILES string of the molecule is CN1C2CCC1CC(CN=[N+]=[N-])C2. The van der Waals surface area contributed by atoms with E-state index in [0.717, 1.165) is 12.1 Å². The van der Waals surface area contributed by atoms with Crippen molar-refractivity contribution >= 4 is 0 Å². The molecule has 2 bridgehead atoms. The summed E-state index contributed by atoms with van der Waals surface area (Å²) in [5.74, 6) is 0.643. The minimum absolute atomic E-state index is 0.643. The van der Waals surface area contributed by atoms with Gasteiger partial charge in [0.1, 0.15) is 0 Å². The van der Waals surface area contributed by atoms with Gasteiger partial charge in [0.15, 0.2) is 0 Å². The highest BCUT2D eigenvalue weighted by atomic mass is 15.2. The predicted octanol–water partition coefficient (Wildman–Crippen LogP) is 2.17. The van der Waals surface area contributed by atoms with Crippen molar-refractivity contribution < 1.29 is 0 Å². The van der Waals surface area contributed by atoms with E-state index in [1.807, 2.05) is 0 Å². The van der Waals surface area contributed by atoms with Crippen molar-refractivity contribution in [2.75, 3.05) is 13.6 Å². The lowest BCUT2D eigenvalue weighted by Gasteiger charge is -2.35. The van der Waals surface area contributed by atoms with Gasteiger partial charge in [-0.25, -0.2) is 0 Å². The molecule has 2 fully saturated rings. The molecule has 4 nitrogen and oxygen atoms in total. The van der Waals surface area contributed by atoms with Gasteiger partial charge in [-0.2, -0.15) is 0 Å². The van der Waals surface area contributed by atoms with Crippen LogP contribution >= 0.6 is 0 Å². The Morgan fingerprint density at radius 1 is 1.38 bits per heavy atom. The van der Waals surface area contributed by atoms with Crippen molar-refractivity contribution in [2.24, 2.45) is 11.0 Å². The fourth-order valence-corrected chi connectivity index (χ4v) is 2.83. The highest BCUT2D eigenvalue weighted by molar-refractivity contribution is 4.93. The van der Waals surface area contributed by atoms with Gasteiger partial charge >= 0.3 is 0 Å². The molecule has 2 atom stereocenters. The predicted molar refractivity (Wildman–Crippen MR) is 51.3 cm³/mol. The Morgan fingerprint density at radius 2 is 2.00 bits per heavy atom. The molecule has 0 N–H and O–H groups in total. The summed E-state index contributed by atoms with van der Waals surface area (Å²) in [6.07, 6.45) is 5.14. The zero-order valence-corrected chi connectivity index (χ0v) is 8.06. The summed E-state index contributed by atoms with van der Waals surface area (Å²) in [4.78, 5) is 5.34. The maximum absolute atomic E-state index is 8.24. The summed E-state index contributed by atoms with van der Waals surface area (Å²) in [5, 5.41) is 3.68. The Kier molecular flexibility index (Phi) is 2.42. The molecule has 13 heavy (non-hydrogen) atoms. The van der Waals surface area contributed by atoms with Gasteiger partial charge < -0.3 is 4.90 Å². The smallest absolute Gasteiger partial charge is 0.0287 e. The maximum atomic E-state index is 8.24. The van der Waals surface area contributed by atoms with Gasteiger partial charge in [0.2, 0.25) is 0 Å². The van der Waals surface area contributed by atoms with Crippen LogP contribution in [0.2, 0.25) is 0 Å². The van der Waals surface area contributed by atoms with Gasteiger partial charge in [0, 0.05) is 23.5 Å². The van der Waals surface area contributed by atoms with Gasteiger partial charge in [-0.05, 0) is 44.2 Å². The van der Waals surface area contributed by atoms with E-state index in [-0.39, 0.29) is 0 Å². The van der Waals surface area contributed by atoms with Crippen LogP contribution in [-0.2, 0) is 0 Å². The number of piperidine rings is 1. The van der Waals surface area contributed by atoms with Crippen LogP contribution in [0.15, 0.2) is 5.11 Å². The lowest BCUT2D eigenvalue weighted by molar-refractivity contribution is 0.137. The summed E-state index contributed by atoms with van der Waals surface area (Å²) < 4.78 is 0. The lowest BCUT2D eigenvalue weighted by atomic mass is 9.91. The normalized spacial score (nSPS) is 38.7. The number of fused-ring (bicyclic) bond motifs is 2. The summed E-state index contributed by atoms with van der Waals surface area (Å²) in [6, 6.07) is 1.52. The number of hydrogen-bond donors (Lipinski definition) is 0. The van der Waals surface area contributed by atoms with Crippen molar-refractivity contribution in [1.82, 2.24) is 4.90 Å². The Morgan fingerprint density at radius 3 is 2.54 bits per heavy atom. The zero-order chi connectivity index (χ0) is 9.26. The molecule has 0 aliphatic carbocycles. The molecule has 0 spiro atoms. The van der Waals surface area contributed by atoms with Crippen LogP contribution in [0.25, 0.3) is 10.4 Å². The molecule has 0 radical (unpaired) electrons. The number of nitrogens with zero attached hydrogens (tertiary/aromatic N) is 4. The quantitative estimate of drug-likeness (QED) is 0.365. The van der Waals surface area contributed by atoms with Crippen LogP contribution in [-0.4, -0.2) is 30.6 Å². The van der Waals surface area contributed by atoms with Crippen LogP contribution in [0.3, 0.4) is 0 Å². The third-order valence-electron chi connectivity index (χ3n) is 3.60. The van der Waals surface area contributed by atoms with Crippen LogP contribution in [0.5, 0.6) is 0 Å². The van der Waals surface area contributed by atoms with Gasteiger partial charge in [-0.1, -0.05) is 5.11 Å². The Hall–Kier alpha value is -0.730. The third-order valence-corrected chi connectivity index (χ3v) is 3.60. The molecule has 2 heterocycles. The molecule has 0 aromatic rings. The zero-order valence-electron chi connectivity index (χ0n) is 8.06. The summed E-state index contributed by atoms with van der Waals surface area (Å²) in [6.45, 7) is 0.706. The topological polar surface area (TPSA) is 52.0 Å². The van der Waals surface area contributed by atoms with Crippen LogP contribution in [0, 0.1) is 5.92 Å². The molecule has 4 heteroatoms. The molecular formula is C9H16N4. The van der Waals surface area contributed by atoms with E-state index in [0.29, 0.717) is 12.5 Å². The van der Waals surface area contributed by atoms with Crippen molar-refractivity contribution in [2.45, 2.75) is 37.8 Å². The molecule has 0 aromatic carbocycles.